The summed E-state index contributed by atoms with van der Waals surface area (Å²) in [6.45, 7) is 0. The van der Waals surface area contributed by atoms with E-state index in [0.29, 0.717) is 0 Å². The van der Waals surface area contributed by atoms with Crippen LogP contribution in [0.2, 0.25) is 0 Å². The molecule has 0 heterocycles. The van der Waals surface area contributed by atoms with E-state index < -0.39 is 11.8 Å². The van der Waals surface area contributed by atoms with Gasteiger partial charge in [0.25, 0.3) is 0 Å². The van der Waals surface area contributed by atoms with Crippen molar-refractivity contribution in [3.63, 3.8) is 0 Å². The van der Waals surface area contributed by atoms with Crippen molar-refractivity contribution in [2.45, 2.75) is 6.42 Å². The van der Waals surface area contributed by atoms with Crippen molar-refractivity contribution in [2.75, 3.05) is 0 Å². The van der Waals surface area contributed by atoms with E-state index in [9.17, 15) is 9.59 Å². The Kier molecular flexibility index (Phi) is 3.08. The number of hydrogen-bond acceptors (Lipinski definition) is 3. The van der Waals surface area contributed by atoms with Gasteiger partial charge in [-0.15, -0.1) is 0 Å². The zero-order valence-electron chi connectivity index (χ0n) is 6.66. The second kappa shape index (κ2) is 4.09. The number of carbonyl (C=O) groups excluding carboxylic acids is 2. The van der Waals surface area contributed by atoms with Crippen LogP contribution in [0, 0.1) is 5.92 Å². The first kappa shape index (κ1) is 9.80. The molecule has 0 saturated carbocycles. The highest BCUT2D eigenvalue weighted by atomic mass is 35.5. The van der Waals surface area contributed by atoms with Crippen LogP contribution in [0.1, 0.15) is 6.42 Å². The molecule has 0 radical (unpaired) electrons. The van der Waals surface area contributed by atoms with E-state index >= 15 is 0 Å². The first-order valence-corrected chi connectivity index (χ1v) is 4.03. The van der Waals surface area contributed by atoms with Gasteiger partial charge in [0.1, 0.15) is 5.76 Å². The minimum Gasteiger partial charge on any atom is -0.508 e. The van der Waals surface area contributed by atoms with E-state index in [1.54, 1.807) is 0 Å². The largest absolute Gasteiger partial charge is 0.508 e. The number of rotatable bonds is 2. The summed E-state index contributed by atoms with van der Waals surface area (Å²) in [6.07, 6.45) is 3.95. The lowest BCUT2D eigenvalue weighted by molar-refractivity contribution is -0.124. The lowest BCUT2D eigenvalue weighted by atomic mass is 9.95. The SMILES string of the molecule is O=C(CC1C=CC(O)=CC1=O)NCl. The third kappa shape index (κ3) is 2.59. The van der Waals surface area contributed by atoms with Gasteiger partial charge in [-0.3, -0.25) is 14.4 Å². The highest BCUT2D eigenvalue weighted by Gasteiger charge is 2.20. The number of ketones is 1. The van der Waals surface area contributed by atoms with Gasteiger partial charge in [-0.2, -0.15) is 0 Å². The number of aliphatic hydroxyl groups is 1. The van der Waals surface area contributed by atoms with Gasteiger partial charge in [-0.1, -0.05) is 6.08 Å². The van der Waals surface area contributed by atoms with E-state index in [1.165, 1.54) is 12.2 Å². The molecule has 1 unspecified atom stereocenters. The number of carbonyl (C=O) groups is 2. The van der Waals surface area contributed by atoms with E-state index in [-0.39, 0.29) is 18.0 Å². The average molecular weight is 202 g/mol. The predicted molar refractivity (Wildman–Crippen MR) is 47.0 cm³/mol. The van der Waals surface area contributed by atoms with Gasteiger partial charge in [-0.25, -0.2) is 0 Å². The lowest BCUT2D eigenvalue weighted by Crippen LogP contribution is -2.22. The average Bonchev–Trinajstić information content (AvgIpc) is 2.09. The number of halogens is 1. The smallest absolute Gasteiger partial charge is 0.235 e. The fraction of sp³-hybridized carbons (Fsp3) is 0.250. The van der Waals surface area contributed by atoms with Gasteiger partial charge in [0, 0.05) is 30.2 Å². The molecule has 0 aromatic heterocycles. The van der Waals surface area contributed by atoms with Crippen molar-refractivity contribution in [1.82, 2.24) is 4.84 Å². The Morgan fingerprint density at radius 3 is 2.92 bits per heavy atom. The predicted octanol–water partition coefficient (Wildman–Crippen LogP) is 0.843. The molecule has 0 fully saturated rings. The topological polar surface area (TPSA) is 66.4 Å². The van der Waals surface area contributed by atoms with Crippen molar-refractivity contribution < 1.29 is 14.7 Å². The highest BCUT2D eigenvalue weighted by Crippen LogP contribution is 2.14. The molecule has 0 aromatic rings. The normalized spacial score (nSPS) is 21.2. The first-order chi connectivity index (χ1) is 6.13. The molecule has 1 amide bonds. The summed E-state index contributed by atoms with van der Waals surface area (Å²) < 4.78 is 0. The lowest BCUT2D eigenvalue weighted by Gasteiger charge is -2.10. The van der Waals surface area contributed by atoms with Crippen LogP contribution in [0.25, 0.3) is 0 Å². The minimum atomic E-state index is -0.519. The van der Waals surface area contributed by atoms with Crippen LogP contribution in [0.15, 0.2) is 24.0 Å². The molecule has 0 bridgehead atoms. The van der Waals surface area contributed by atoms with Crippen LogP contribution in [0.4, 0.5) is 0 Å². The summed E-state index contributed by atoms with van der Waals surface area (Å²) in [5.74, 6) is -1.32. The fourth-order valence-electron chi connectivity index (χ4n) is 1.02. The van der Waals surface area contributed by atoms with Crippen molar-refractivity contribution in [3.8, 4) is 0 Å². The zero-order valence-corrected chi connectivity index (χ0v) is 7.41. The maximum atomic E-state index is 11.1. The molecule has 70 valence electrons. The molecule has 0 spiro atoms. The Morgan fingerprint density at radius 1 is 1.69 bits per heavy atom. The number of allylic oxidation sites excluding steroid dienone is 3. The molecule has 4 nitrogen and oxygen atoms in total. The first-order valence-electron chi connectivity index (χ1n) is 3.65. The summed E-state index contributed by atoms with van der Waals surface area (Å²) in [7, 11) is 0. The Morgan fingerprint density at radius 2 is 2.38 bits per heavy atom. The summed E-state index contributed by atoms with van der Waals surface area (Å²) >= 11 is 5.05. The Hall–Kier alpha value is -1.29. The molecular weight excluding hydrogens is 194 g/mol. The number of hydrogen-bond donors (Lipinski definition) is 2. The monoisotopic (exact) mass is 201 g/mol. The second-order valence-corrected chi connectivity index (χ2v) is 2.85. The van der Waals surface area contributed by atoms with Gasteiger partial charge in [0.05, 0.1) is 0 Å². The third-order valence-corrected chi connectivity index (χ3v) is 1.88. The molecule has 1 atom stereocenters. The van der Waals surface area contributed by atoms with Gasteiger partial charge in [0.2, 0.25) is 5.91 Å². The number of aliphatic hydroxyl groups excluding tert-OH is 1. The second-order valence-electron chi connectivity index (χ2n) is 2.66. The van der Waals surface area contributed by atoms with Crippen LogP contribution in [-0.2, 0) is 9.59 Å². The van der Waals surface area contributed by atoms with Gasteiger partial charge < -0.3 is 5.11 Å². The fourth-order valence-corrected chi connectivity index (χ4v) is 1.09. The maximum absolute atomic E-state index is 11.1. The molecule has 1 aliphatic rings. The van der Waals surface area contributed by atoms with Crippen molar-refractivity contribution in [2.24, 2.45) is 5.92 Å². The maximum Gasteiger partial charge on any atom is 0.235 e. The highest BCUT2D eigenvalue weighted by molar-refractivity contribution is 6.21. The number of amides is 1. The Balaban J connectivity index is 2.60. The molecule has 13 heavy (non-hydrogen) atoms. The summed E-state index contributed by atoms with van der Waals surface area (Å²) in [6, 6.07) is 0. The number of nitrogens with one attached hydrogen (secondary N) is 1. The quantitative estimate of drug-likeness (QED) is 0.651. The standard InChI is InChI=1S/C8H8ClNO3/c9-10-8(13)3-5-1-2-6(11)4-7(5)12/h1-2,4-5,11H,3H2,(H,10,13). The van der Waals surface area contributed by atoms with Crippen molar-refractivity contribution >= 4 is 23.5 Å². The van der Waals surface area contributed by atoms with Crippen LogP contribution in [0.5, 0.6) is 0 Å². The molecule has 0 aliphatic heterocycles. The zero-order chi connectivity index (χ0) is 9.84. The third-order valence-electron chi connectivity index (χ3n) is 1.67. The molecule has 1 aliphatic carbocycles. The van der Waals surface area contributed by atoms with Crippen LogP contribution in [-0.4, -0.2) is 16.8 Å². The van der Waals surface area contributed by atoms with E-state index in [4.69, 9.17) is 16.9 Å². The summed E-state index contributed by atoms with van der Waals surface area (Å²) in [4.78, 5) is 23.8. The molecule has 0 aromatic carbocycles. The van der Waals surface area contributed by atoms with Crippen LogP contribution < -0.4 is 4.84 Å². The molecule has 2 N–H and O–H groups in total. The van der Waals surface area contributed by atoms with Crippen molar-refractivity contribution in [1.29, 1.82) is 0 Å². The summed E-state index contributed by atoms with van der Waals surface area (Å²) in [5, 5.41) is 8.92. The Bertz CT molecular complexity index is 296. The Labute approximate surface area is 80.0 Å². The van der Waals surface area contributed by atoms with Crippen LogP contribution in [0.3, 0.4) is 0 Å². The minimum absolute atomic E-state index is 0.00259. The molecule has 0 saturated heterocycles. The van der Waals surface area contributed by atoms with Gasteiger partial charge in [-0.05, 0) is 6.08 Å². The van der Waals surface area contributed by atoms with E-state index in [0.717, 1.165) is 6.08 Å². The van der Waals surface area contributed by atoms with Gasteiger partial charge >= 0.3 is 0 Å². The molecule has 5 heteroatoms. The summed E-state index contributed by atoms with van der Waals surface area (Å²) in [5.41, 5.74) is 0. The van der Waals surface area contributed by atoms with Crippen molar-refractivity contribution in [3.05, 3.63) is 24.0 Å². The van der Waals surface area contributed by atoms with Crippen LogP contribution >= 0.6 is 11.8 Å². The van der Waals surface area contributed by atoms with Gasteiger partial charge in [0.15, 0.2) is 5.78 Å². The molecular formula is C8H8ClNO3. The molecule has 1 rings (SSSR count). The van der Waals surface area contributed by atoms with E-state index in [1.807, 2.05) is 4.84 Å². The van der Waals surface area contributed by atoms with E-state index in [2.05, 4.69) is 0 Å².